The van der Waals surface area contributed by atoms with E-state index >= 15 is 0 Å². The summed E-state index contributed by atoms with van der Waals surface area (Å²) in [6.45, 7) is 4.80. The Morgan fingerprint density at radius 2 is 1.61 bits per heavy atom. The molecule has 0 aliphatic carbocycles. The number of morpholine rings is 1. The number of carbonyl (C=O) groups is 1. The Kier molecular flexibility index (Phi) is 7.66. The van der Waals surface area contributed by atoms with Crippen LogP contribution in [0.5, 0.6) is 5.75 Å². The number of carbonyl (C=O) groups excluding carboxylic acids is 1. The van der Waals surface area contributed by atoms with Crippen molar-refractivity contribution in [2.24, 2.45) is 5.10 Å². The van der Waals surface area contributed by atoms with Crippen LogP contribution in [-0.4, -0.2) is 43.3 Å². The van der Waals surface area contributed by atoms with Crippen molar-refractivity contribution in [3.8, 4) is 5.75 Å². The molecule has 0 aromatic heterocycles. The number of rotatable bonds is 8. The van der Waals surface area contributed by atoms with Crippen molar-refractivity contribution in [3.63, 3.8) is 0 Å². The van der Waals surface area contributed by atoms with Crippen molar-refractivity contribution in [2.75, 3.05) is 26.3 Å². The number of hydrazone groups is 1. The van der Waals surface area contributed by atoms with E-state index in [9.17, 15) is 4.79 Å². The molecule has 1 N–H and O–H groups in total. The zero-order chi connectivity index (χ0) is 24.6. The molecule has 1 heterocycles. The summed E-state index contributed by atoms with van der Waals surface area (Å²) in [6.07, 6.45) is 1.62. The molecule has 5 rings (SSSR count). The maximum Gasteiger partial charge on any atom is 0.271 e. The zero-order valence-electron chi connectivity index (χ0n) is 20.1. The fourth-order valence-corrected chi connectivity index (χ4v) is 4.15. The highest BCUT2D eigenvalue weighted by Gasteiger charge is 2.11. The maximum absolute atomic E-state index is 12.4. The zero-order valence-corrected chi connectivity index (χ0v) is 20.1. The summed E-state index contributed by atoms with van der Waals surface area (Å²) < 4.78 is 11.3. The van der Waals surface area contributed by atoms with Gasteiger partial charge in [-0.05, 0) is 69.9 Å². The van der Waals surface area contributed by atoms with Gasteiger partial charge in [0, 0.05) is 25.2 Å². The van der Waals surface area contributed by atoms with Gasteiger partial charge >= 0.3 is 0 Å². The summed E-state index contributed by atoms with van der Waals surface area (Å²) in [6, 6.07) is 29.9. The van der Waals surface area contributed by atoms with E-state index in [1.807, 2.05) is 60.7 Å². The Morgan fingerprint density at radius 3 is 2.39 bits per heavy atom. The largest absolute Gasteiger partial charge is 0.489 e. The topological polar surface area (TPSA) is 63.2 Å². The fraction of sp³-hybridized carbons (Fsp3) is 0.200. The minimum Gasteiger partial charge on any atom is -0.489 e. The Labute approximate surface area is 211 Å². The number of amides is 1. The normalized spacial score (nSPS) is 14.2. The highest BCUT2D eigenvalue weighted by Crippen LogP contribution is 2.18. The quantitative estimate of drug-likeness (QED) is 0.285. The molecule has 1 saturated heterocycles. The van der Waals surface area contributed by atoms with Gasteiger partial charge in [0.15, 0.2) is 0 Å². The van der Waals surface area contributed by atoms with Crippen LogP contribution in [0.25, 0.3) is 10.8 Å². The number of benzene rings is 4. The van der Waals surface area contributed by atoms with Crippen molar-refractivity contribution >= 4 is 22.9 Å². The summed E-state index contributed by atoms with van der Waals surface area (Å²) >= 11 is 0. The molecule has 0 atom stereocenters. The van der Waals surface area contributed by atoms with E-state index in [1.54, 1.807) is 6.21 Å². The van der Waals surface area contributed by atoms with Crippen LogP contribution in [0.4, 0.5) is 0 Å². The van der Waals surface area contributed by atoms with Crippen molar-refractivity contribution in [2.45, 2.75) is 13.2 Å². The summed E-state index contributed by atoms with van der Waals surface area (Å²) in [4.78, 5) is 14.8. The Balaban J connectivity index is 1.09. The first kappa shape index (κ1) is 23.7. The fourth-order valence-electron chi connectivity index (χ4n) is 4.15. The first-order valence-corrected chi connectivity index (χ1v) is 12.2. The Hall–Kier alpha value is -4.00. The lowest BCUT2D eigenvalue weighted by molar-refractivity contribution is 0.0342. The van der Waals surface area contributed by atoms with Gasteiger partial charge in [0.25, 0.3) is 5.91 Å². The smallest absolute Gasteiger partial charge is 0.271 e. The molecule has 0 saturated carbocycles. The molecule has 1 amide bonds. The van der Waals surface area contributed by atoms with Gasteiger partial charge < -0.3 is 9.47 Å². The van der Waals surface area contributed by atoms with Gasteiger partial charge in [-0.2, -0.15) is 5.10 Å². The molecule has 6 nitrogen and oxygen atoms in total. The van der Waals surface area contributed by atoms with Crippen LogP contribution in [0.3, 0.4) is 0 Å². The van der Waals surface area contributed by atoms with Gasteiger partial charge in [-0.15, -0.1) is 0 Å². The van der Waals surface area contributed by atoms with Crippen LogP contribution in [0.2, 0.25) is 0 Å². The van der Waals surface area contributed by atoms with Gasteiger partial charge in [0.05, 0.1) is 19.4 Å². The average Bonchev–Trinajstić information content (AvgIpc) is 2.93. The molecule has 182 valence electrons. The lowest BCUT2D eigenvalue weighted by atomic mass is 10.1. The number of ether oxygens (including phenoxy) is 2. The van der Waals surface area contributed by atoms with E-state index in [2.05, 4.69) is 45.8 Å². The first-order valence-electron chi connectivity index (χ1n) is 12.2. The maximum atomic E-state index is 12.4. The van der Waals surface area contributed by atoms with Crippen LogP contribution < -0.4 is 10.2 Å². The van der Waals surface area contributed by atoms with Crippen LogP contribution in [0, 0.1) is 0 Å². The van der Waals surface area contributed by atoms with Gasteiger partial charge in [-0.3, -0.25) is 9.69 Å². The molecule has 6 heteroatoms. The summed E-state index contributed by atoms with van der Waals surface area (Å²) in [5, 5.41) is 6.52. The molecule has 0 bridgehead atoms. The average molecular weight is 480 g/mol. The van der Waals surface area contributed by atoms with Crippen molar-refractivity contribution < 1.29 is 14.3 Å². The van der Waals surface area contributed by atoms with Crippen LogP contribution in [0.15, 0.2) is 96.1 Å². The lowest BCUT2D eigenvalue weighted by Crippen LogP contribution is -2.35. The third-order valence-corrected chi connectivity index (χ3v) is 6.21. The van der Waals surface area contributed by atoms with Crippen molar-refractivity contribution in [1.29, 1.82) is 0 Å². The van der Waals surface area contributed by atoms with Gasteiger partial charge in [-0.1, -0.05) is 48.5 Å². The van der Waals surface area contributed by atoms with Gasteiger partial charge in [0.2, 0.25) is 0 Å². The molecule has 4 aromatic rings. The first-order chi connectivity index (χ1) is 17.7. The summed E-state index contributed by atoms with van der Waals surface area (Å²) in [5.74, 6) is 0.543. The van der Waals surface area contributed by atoms with E-state index in [0.29, 0.717) is 12.2 Å². The number of nitrogens with one attached hydrogen (secondary N) is 1. The molecule has 36 heavy (non-hydrogen) atoms. The molecule has 0 unspecified atom stereocenters. The molecule has 4 aromatic carbocycles. The molecule has 0 radical (unpaired) electrons. The third-order valence-electron chi connectivity index (χ3n) is 6.21. The lowest BCUT2D eigenvalue weighted by Gasteiger charge is -2.26. The van der Waals surface area contributed by atoms with E-state index < -0.39 is 0 Å². The Bertz CT molecular complexity index is 1330. The van der Waals surface area contributed by atoms with E-state index in [0.717, 1.165) is 49.7 Å². The second-order valence-electron chi connectivity index (χ2n) is 8.82. The Morgan fingerprint density at radius 1 is 0.889 bits per heavy atom. The number of nitrogens with zero attached hydrogens (tertiary/aromatic N) is 2. The van der Waals surface area contributed by atoms with Crippen molar-refractivity contribution in [1.82, 2.24) is 10.3 Å². The van der Waals surface area contributed by atoms with Crippen molar-refractivity contribution in [3.05, 3.63) is 113 Å². The van der Waals surface area contributed by atoms with Crippen LogP contribution in [0.1, 0.15) is 27.0 Å². The van der Waals surface area contributed by atoms with E-state index in [-0.39, 0.29) is 5.91 Å². The predicted octanol–water partition coefficient (Wildman–Crippen LogP) is 5.01. The molecule has 1 aliphatic rings. The second-order valence-corrected chi connectivity index (χ2v) is 8.82. The monoisotopic (exact) mass is 479 g/mol. The molecule has 1 aliphatic heterocycles. The standard InChI is InChI=1S/C30H29N3O3/c34-30(27-11-5-24(6-12-27)21-33-15-17-35-18-16-33)32-31-20-23-8-13-29(14-9-23)36-22-25-7-10-26-3-1-2-4-28(26)19-25/h1-14,19-20H,15-18,21-22H2,(H,32,34)/b31-20+. The van der Waals surface area contributed by atoms with Crippen LogP contribution in [-0.2, 0) is 17.9 Å². The molecule has 0 spiro atoms. The van der Waals surface area contributed by atoms with Gasteiger partial charge in [0.1, 0.15) is 12.4 Å². The third kappa shape index (κ3) is 6.36. The SMILES string of the molecule is O=C(N/N=C/c1ccc(OCc2ccc3ccccc3c2)cc1)c1ccc(CN2CCOCC2)cc1. The highest BCUT2D eigenvalue weighted by molar-refractivity contribution is 5.94. The molecule has 1 fully saturated rings. The predicted molar refractivity (Wildman–Crippen MR) is 142 cm³/mol. The van der Waals surface area contributed by atoms with E-state index in [4.69, 9.17) is 9.47 Å². The number of hydrogen-bond donors (Lipinski definition) is 1. The molecular weight excluding hydrogens is 450 g/mol. The highest BCUT2D eigenvalue weighted by atomic mass is 16.5. The number of fused-ring (bicyclic) bond motifs is 1. The minimum absolute atomic E-state index is 0.237. The van der Waals surface area contributed by atoms with Crippen LogP contribution >= 0.6 is 0 Å². The van der Waals surface area contributed by atoms with E-state index in [1.165, 1.54) is 16.3 Å². The van der Waals surface area contributed by atoms with Gasteiger partial charge in [-0.25, -0.2) is 5.43 Å². The summed E-state index contributed by atoms with van der Waals surface area (Å²) in [7, 11) is 0. The number of hydrogen-bond acceptors (Lipinski definition) is 5. The molecular formula is C30H29N3O3. The second kappa shape index (κ2) is 11.6. The minimum atomic E-state index is -0.237. The summed E-state index contributed by atoms with van der Waals surface area (Å²) in [5.41, 5.74) is 6.35.